The number of Topliss-reactive ketones (excluding diaryl/α,β-unsaturated/α-hetero) is 1. The summed E-state index contributed by atoms with van der Waals surface area (Å²) in [7, 11) is 0. The van der Waals surface area contributed by atoms with E-state index in [1.807, 2.05) is 27.7 Å². The molecule has 0 unspecified atom stereocenters. The lowest BCUT2D eigenvalue weighted by Gasteiger charge is -2.28. The van der Waals surface area contributed by atoms with Crippen LogP contribution < -0.4 is 0 Å². The second kappa shape index (κ2) is 6.59. The third kappa shape index (κ3) is 4.22. The maximum Gasteiger partial charge on any atom is 0.410 e. The van der Waals surface area contributed by atoms with E-state index < -0.39 is 5.60 Å². The SMILES string of the molecule is CCCC(=O)[C@@]1(CCC)CCN(C(=O)OC(C)(C)C)C1. The Labute approximate surface area is 122 Å². The van der Waals surface area contributed by atoms with Gasteiger partial charge in [0.1, 0.15) is 11.4 Å². The van der Waals surface area contributed by atoms with Crippen molar-refractivity contribution in [3.63, 3.8) is 0 Å². The first-order chi connectivity index (χ1) is 9.24. The second-order valence-electron chi connectivity index (χ2n) is 6.86. The van der Waals surface area contributed by atoms with Crippen molar-refractivity contribution in [3.8, 4) is 0 Å². The van der Waals surface area contributed by atoms with Crippen LogP contribution >= 0.6 is 0 Å². The van der Waals surface area contributed by atoms with Gasteiger partial charge in [0, 0.05) is 24.9 Å². The molecule has 4 heteroatoms. The van der Waals surface area contributed by atoms with Crippen molar-refractivity contribution < 1.29 is 14.3 Å². The summed E-state index contributed by atoms with van der Waals surface area (Å²) in [6, 6.07) is 0. The van der Waals surface area contributed by atoms with Gasteiger partial charge in [-0.15, -0.1) is 0 Å². The van der Waals surface area contributed by atoms with Gasteiger partial charge in [-0.05, 0) is 40.0 Å². The molecule has 1 rings (SSSR count). The Balaban J connectivity index is 2.74. The number of hydrogen-bond donors (Lipinski definition) is 0. The zero-order valence-electron chi connectivity index (χ0n) is 13.6. The molecule has 0 aliphatic carbocycles. The van der Waals surface area contributed by atoms with Crippen LogP contribution in [-0.2, 0) is 9.53 Å². The Hall–Kier alpha value is -1.06. The van der Waals surface area contributed by atoms with Crippen LogP contribution in [0.1, 0.15) is 66.7 Å². The second-order valence-corrected chi connectivity index (χ2v) is 6.86. The molecule has 1 aliphatic rings. The predicted octanol–water partition coefficient (Wildman–Crippen LogP) is 3.78. The monoisotopic (exact) mass is 283 g/mol. The highest BCUT2D eigenvalue weighted by Gasteiger charge is 2.45. The van der Waals surface area contributed by atoms with E-state index in [-0.39, 0.29) is 11.5 Å². The van der Waals surface area contributed by atoms with Crippen molar-refractivity contribution in [3.05, 3.63) is 0 Å². The number of nitrogens with zero attached hydrogens (tertiary/aromatic N) is 1. The third-order valence-corrected chi connectivity index (χ3v) is 3.80. The topological polar surface area (TPSA) is 46.6 Å². The molecule has 0 aromatic carbocycles. The number of carbonyl (C=O) groups is 2. The van der Waals surface area contributed by atoms with Crippen LogP contribution in [0.3, 0.4) is 0 Å². The molecule has 1 saturated heterocycles. The number of hydrogen-bond acceptors (Lipinski definition) is 3. The standard InChI is InChI=1S/C16H29NO3/c1-6-8-13(18)16(9-7-2)10-11-17(12-16)14(19)20-15(3,4)5/h6-12H2,1-5H3/t16-/m0/s1. The normalized spacial score (nSPS) is 22.9. The van der Waals surface area contributed by atoms with E-state index in [0.29, 0.717) is 25.3 Å². The average Bonchev–Trinajstić information content (AvgIpc) is 2.73. The van der Waals surface area contributed by atoms with Crippen LogP contribution in [0.5, 0.6) is 0 Å². The Kier molecular flexibility index (Phi) is 5.60. The molecular weight excluding hydrogens is 254 g/mol. The summed E-state index contributed by atoms with van der Waals surface area (Å²) in [6.45, 7) is 10.9. The predicted molar refractivity (Wildman–Crippen MR) is 79.7 cm³/mol. The minimum Gasteiger partial charge on any atom is -0.444 e. The molecule has 0 aromatic heterocycles. The van der Waals surface area contributed by atoms with Crippen molar-refractivity contribution in [2.24, 2.45) is 5.41 Å². The highest BCUT2D eigenvalue weighted by atomic mass is 16.6. The summed E-state index contributed by atoms with van der Waals surface area (Å²) >= 11 is 0. The van der Waals surface area contributed by atoms with Crippen LogP contribution in [-0.4, -0.2) is 35.5 Å². The molecule has 4 nitrogen and oxygen atoms in total. The van der Waals surface area contributed by atoms with Gasteiger partial charge >= 0.3 is 6.09 Å². The Morgan fingerprint density at radius 2 is 1.85 bits per heavy atom. The van der Waals surface area contributed by atoms with Gasteiger partial charge in [0.15, 0.2) is 0 Å². The van der Waals surface area contributed by atoms with Crippen LogP contribution in [0.2, 0.25) is 0 Å². The minimum absolute atomic E-state index is 0.292. The fourth-order valence-electron chi connectivity index (χ4n) is 2.90. The van der Waals surface area contributed by atoms with Crippen molar-refractivity contribution in [1.29, 1.82) is 0 Å². The van der Waals surface area contributed by atoms with Crippen molar-refractivity contribution in [1.82, 2.24) is 4.90 Å². The van der Waals surface area contributed by atoms with Crippen LogP contribution in [0.4, 0.5) is 4.79 Å². The van der Waals surface area contributed by atoms with Gasteiger partial charge in [-0.3, -0.25) is 4.79 Å². The molecule has 1 fully saturated rings. The smallest absolute Gasteiger partial charge is 0.410 e. The first kappa shape index (κ1) is 17.0. The quantitative estimate of drug-likeness (QED) is 0.771. The first-order valence-corrected chi connectivity index (χ1v) is 7.75. The van der Waals surface area contributed by atoms with E-state index in [9.17, 15) is 9.59 Å². The van der Waals surface area contributed by atoms with Gasteiger partial charge < -0.3 is 9.64 Å². The molecule has 116 valence electrons. The van der Waals surface area contributed by atoms with E-state index in [0.717, 1.165) is 25.7 Å². The molecule has 0 radical (unpaired) electrons. The summed E-state index contributed by atoms with van der Waals surface area (Å²) in [5.74, 6) is 0.313. The molecule has 0 bridgehead atoms. The minimum atomic E-state index is -0.486. The van der Waals surface area contributed by atoms with E-state index in [4.69, 9.17) is 4.74 Å². The van der Waals surface area contributed by atoms with Crippen molar-refractivity contribution in [2.75, 3.05) is 13.1 Å². The molecular formula is C16H29NO3. The van der Waals surface area contributed by atoms with E-state index in [1.165, 1.54) is 0 Å². The Bertz CT molecular complexity index is 359. The van der Waals surface area contributed by atoms with Crippen molar-refractivity contribution >= 4 is 11.9 Å². The number of likely N-dealkylation sites (tertiary alicyclic amines) is 1. The molecule has 0 aromatic rings. The molecule has 1 heterocycles. The summed E-state index contributed by atoms with van der Waals surface area (Å²) in [4.78, 5) is 26.3. The first-order valence-electron chi connectivity index (χ1n) is 7.75. The Morgan fingerprint density at radius 3 is 2.35 bits per heavy atom. The fraction of sp³-hybridized carbons (Fsp3) is 0.875. The summed E-state index contributed by atoms with van der Waals surface area (Å²) in [5.41, 5.74) is -0.817. The lowest BCUT2D eigenvalue weighted by Crippen LogP contribution is -2.39. The van der Waals surface area contributed by atoms with Gasteiger partial charge in [-0.1, -0.05) is 20.3 Å². The lowest BCUT2D eigenvalue weighted by molar-refractivity contribution is -0.128. The van der Waals surface area contributed by atoms with E-state index in [2.05, 4.69) is 6.92 Å². The number of carbonyl (C=O) groups excluding carboxylic acids is 2. The molecule has 20 heavy (non-hydrogen) atoms. The van der Waals surface area contributed by atoms with Crippen LogP contribution in [0.15, 0.2) is 0 Å². The number of rotatable bonds is 5. The maximum absolute atomic E-state index is 12.4. The zero-order chi connectivity index (χ0) is 15.4. The van der Waals surface area contributed by atoms with Crippen molar-refractivity contribution in [2.45, 2.75) is 72.3 Å². The van der Waals surface area contributed by atoms with Crippen LogP contribution in [0.25, 0.3) is 0 Å². The molecule has 0 N–H and O–H groups in total. The number of amides is 1. The molecule has 1 atom stereocenters. The molecule has 1 aliphatic heterocycles. The average molecular weight is 283 g/mol. The van der Waals surface area contributed by atoms with Gasteiger partial charge in [0.2, 0.25) is 0 Å². The van der Waals surface area contributed by atoms with Gasteiger partial charge in [-0.2, -0.15) is 0 Å². The summed E-state index contributed by atoms with van der Waals surface area (Å²) in [5, 5.41) is 0. The molecule has 0 saturated carbocycles. The zero-order valence-corrected chi connectivity index (χ0v) is 13.6. The lowest BCUT2D eigenvalue weighted by atomic mass is 9.77. The maximum atomic E-state index is 12.4. The third-order valence-electron chi connectivity index (χ3n) is 3.80. The van der Waals surface area contributed by atoms with Gasteiger partial charge in [0.25, 0.3) is 0 Å². The Morgan fingerprint density at radius 1 is 1.20 bits per heavy atom. The number of ketones is 1. The summed E-state index contributed by atoms with van der Waals surface area (Å²) < 4.78 is 5.41. The summed E-state index contributed by atoms with van der Waals surface area (Å²) in [6.07, 6.45) is 3.81. The van der Waals surface area contributed by atoms with Gasteiger partial charge in [0.05, 0.1) is 0 Å². The molecule has 0 spiro atoms. The number of ether oxygens (including phenoxy) is 1. The van der Waals surface area contributed by atoms with Gasteiger partial charge in [-0.25, -0.2) is 4.79 Å². The van der Waals surface area contributed by atoms with Crippen LogP contribution in [0, 0.1) is 5.41 Å². The highest BCUT2D eigenvalue weighted by Crippen LogP contribution is 2.38. The van der Waals surface area contributed by atoms with E-state index in [1.54, 1.807) is 4.90 Å². The fourth-order valence-corrected chi connectivity index (χ4v) is 2.90. The van der Waals surface area contributed by atoms with E-state index >= 15 is 0 Å². The largest absolute Gasteiger partial charge is 0.444 e. The molecule has 1 amide bonds. The highest BCUT2D eigenvalue weighted by molar-refractivity contribution is 5.86.